The summed E-state index contributed by atoms with van der Waals surface area (Å²) in [5.74, 6) is 0. The molecule has 2 rings (SSSR count). The Balaban J connectivity index is 2.47. The van der Waals surface area contributed by atoms with Crippen LogP contribution in [0.2, 0.25) is 0 Å². The summed E-state index contributed by atoms with van der Waals surface area (Å²) in [6.45, 7) is 0. The number of fused-ring (bicyclic) bond motifs is 1. The fraction of sp³-hybridized carbons (Fsp3) is 0.143. The van der Waals surface area contributed by atoms with Gasteiger partial charge in [-0.1, -0.05) is 17.1 Å². The number of hydroxylamine groups is 1. The second-order valence-corrected chi connectivity index (χ2v) is 2.59. The number of benzene rings is 1. The molecule has 1 N–H and O–H groups in total. The van der Waals surface area contributed by atoms with Gasteiger partial charge in [0, 0.05) is 7.05 Å². The quantitative estimate of drug-likeness (QED) is 0.653. The summed E-state index contributed by atoms with van der Waals surface area (Å²) < 4.78 is 0. The lowest BCUT2D eigenvalue weighted by molar-refractivity contribution is -0.822. The van der Waals surface area contributed by atoms with E-state index in [0.29, 0.717) is 5.69 Å². The minimum absolute atomic E-state index is 0.359. The summed E-state index contributed by atoms with van der Waals surface area (Å²) in [6, 6.07) is 7.01. The maximum Gasteiger partial charge on any atom is 0.390 e. The summed E-state index contributed by atoms with van der Waals surface area (Å²) >= 11 is 0. The van der Waals surface area contributed by atoms with E-state index in [1.54, 1.807) is 25.2 Å². The first kappa shape index (κ1) is 7.81. The largest absolute Gasteiger partial charge is 0.390 e. The summed E-state index contributed by atoms with van der Waals surface area (Å²) in [6.07, 6.45) is 0. The van der Waals surface area contributed by atoms with Crippen molar-refractivity contribution in [2.24, 2.45) is 0 Å². The van der Waals surface area contributed by atoms with E-state index in [9.17, 15) is 4.91 Å². The van der Waals surface area contributed by atoms with Crippen molar-refractivity contribution in [2.45, 2.75) is 0 Å². The summed E-state index contributed by atoms with van der Waals surface area (Å²) in [7, 11) is 1.64. The molecule has 6 nitrogen and oxygen atoms in total. The average Bonchev–Trinajstić information content (AvgIpc) is 2.45. The molecule has 0 amide bonds. The highest BCUT2D eigenvalue weighted by molar-refractivity contribution is 5.70. The first-order valence-corrected chi connectivity index (χ1v) is 3.67. The molecule has 6 heteroatoms. The maximum atomic E-state index is 10.6. The van der Waals surface area contributed by atoms with Gasteiger partial charge < -0.3 is 0 Å². The van der Waals surface area contributed by atoms with Crippen molar-refractivity contribution in [3.8, 4) is 0 Å². The lowest BCUT2D eigenvalue weighted by atomic mass is 10.3. The van der Waals surface area contributed by atoms with Crippen LogP contribution in [-0.4, -0.2) is 17.3 Å². The molecular weight excluding hydrogens is 174 g/mol. The van der Waals surface area contributed by atoms with Crippen LogP contribution >= 0.6 is 0 Å². The van der Waals surface area contributed by atoms with Gasteiger partial charge in [-0.3, -0.25) is 0 Å². The molecule has 0 spiro atoms. The van der Waals surface area contributed by atoms with Gasteiger partial charge in [0.15, 0.2) is 5.69 Å². The van der Waals surface area contributed by atoms with Gasteiger partial charge in [0.1, 0.15) is 10.1 Å². The molecule has 0 aromatic heterocycles. The molecule has 0 fully saturated rings. The lowest BCUT2D eigenvalue weighted by Crippen LogP contribution is -2.31. The molecule has 68 valence electrons. The highest BCUT2D eigenvalue weighted by Gasteiger charge is 2.36. The van der Waals surface area contributed by atoms with E-state index >= 15 is 0 Å². The molecule has 1 heterocycles. The Morgan fingerprint density at radius 2 is 2.00 bits per heavy atom. The molecule has 0 aliphatic carbocycles. The number of hydrazine groups is 1. The van der Waals surface area contributed by atoms with Crippen LogP contribution < -0.4 is 10.2 Å². The first-order chi connectivity index (χ1) is 6.20. The molecule has 1 aromatic rings. The summed E-state index contributed by atoms with van der Waals surface area (Å²) in [5.41, 5.74) is 1.22. The zero-order valence-corrected chi connectivity index (χ0v) is 6.91. The Bertz CT molecular complexity index is 355. The Hall–Kier alpha value is -1.82. The molecule has 0 saturated heterocycles. The standard InChI is InChI=1S/C7H8N3O3/c1-8-6-4-2-3-5-7(6)9(13-8)10(11)12/h2-5H,1H3,(H,11,12)/q+1. The molecule has 13 heavy (non-hydrogen) atoms. The zero-order valence-electron chi connectivity index (χ0n) is 6.91. The van der Waals surface area contributed by atoms with Crippen molar-refractivity contribution in [2.75, 3.05) is 17.3 Å². The third-order valence-electron chi connectivity index (χ3n) is 1.78. The van der Waals surface area contributed by atoms with Gasteiger partial charge >= 0.3 is 5.03 Å². The van der Waals surface area contributed by atoms with Crippen molar-refractivity contribution >= 4 is 11.4 Å². The van der Waals surface area contributed by atoms with Gasteiger partial charge in [-0.2, -0.15) is 0 Å². The van der Waals surface area contributed by atoms with Crippen LogP contribution in [0.25, 0.3) is 0 Å². The normalized spacial score (nSPS) is 14.5. The van der Waals surface area contributed by atoms with Crippen molar-refractivity contribution in [1.29, 1.82) is 0 Å². The van der Waals surface area contributed by atoms with Gasteiger partial charge in [-0.05, 0) is 12.1 Å². The third-order valence-corrected chi connectivity index (χ3v) is 1.78. The average molecular weight is 182 g/mol. The van der Waals surface area contributed by atoms with Gasteiger partial charge in [0.25, 0.3) is 0 Å². The smallest absolute Gasteiger partial charge is 0.224 e. The monoisotopic (exact) mass is 182 g/mol. The summed E-state index contributed by atoms with van der Waals surface area (Å²) in [5, 5.41) is 10.4. The minimum atomic E-state index is -0.359. The molecular formula is C7H8N3O3+. The maximum absolute atomic E-state index is 10.6. The predicted octanol–water partition coefficient (Wildman–Crippen LogP) is 0.873. The van der Waals surface area contributed by atoms with Gasteiger partial charge in [0.05, 0.1) is 5.69 Å². The Morgan fingerprint density at radius 1 is 1.38 bits per heavy atom. The molecule has 0 atom stereocenters. The highest BCUT2D eigenvalue weighted by atomic mass is 16.9. The topological polar surface area (TPSA) is 56.0 Å². The molecule has 0 saturated carbocycles. The van der Waals surface area contributed by atoms with Gasteiger partial charge in [-0.15, -0.1) is 0 Å². The lowest BCUT2D eigenvalue weighted by Gasteiger charge is -2.05. The number of hydrogen-bond donors (Lipinski definition) is 1. The van der Waals surface area contributed by atoms with Crippen molar-refractivity contribution in [3.63, 3.8) is 0 Å². The molecule has 1 aliphatic rings. The van der Waals surface area contributed by atoms with Crippen molar-refractivity contribution in [1.82, 2.24) is 0 Å². The molecule has 0 radical (unpaired) electrons. The van der Waals surface area contributed by atoms with Gasteiger partial charge in [0.2, 0.25) is 0 Å². The van der Waals surface area contributed by atoms with Crippen LogP contribution in [0.1, 0.15) is 0 Å². The SMILES string of the molecule is CN1ON([N+](=O)O)c2ccccc21. The van der Waals surface area contributed by atoms with Crippen LogP contribution in [0, 0.1) is 4.91 Å². The number of anilines is 2. The van der Waals surface area contributed by atoms with Crippen molar-refractivity contribution in [3.05, 3.63) is 29.2 Å². The number of rotatable bonds is 1. The number of para-hydroxylation sites is 2. The second kappa shape index (κ2) is 2.60. The fourth-order valence-corrected chi connectivity index (χ4v) is 1.22. The number of nitrogens with zero attached hydrogens (tertiary/aromatic N) is 3. The van der Waals surface area contributed by atoms with Gasteiger partial charge in [-0.25, -0.2) is 10.3 Å². The molecule has 1 aromatic carbocycles. The third kappa shape index (κ3) is 1.07. The first-order valence-electron chi connectivity index (χ1n) is 3.67. The van der Waals surface area contributed by atoms with E-state index in [0.717, 1.165) is 10.9 Å². The van der Waals surface area contributed by atoms with Crippen LogP contribution in [-0.2, 0) is 4.94 Å². The van der Waals surface area contributed by atoms with Crippen LogP contribution in [0.5, 0.6) is 0 Å². The predicted molar refractivity (Wildman–Crippen MR) is 43.8 cm³/mol. The summed E-state index contributed by atoms with van der Waals surface area (Å²) in [4.78, 5) is 15.5. The zero-order chi connectivity index (χ0) is 9.42. The molecule has 1 aliphatic heterocycles. The fourth-order valence-electron chi connectivity index (χ4n) is 1.22. The van der Waals surface area contributed by atoms with Crippen LogP contribution in [0.4, 0.5) is 11.4 Å². The Labute approximate surface area is 74.0 Å². The van der Waals surface area contributed by atoms with E-state index in [4.69, 9.17) is 10.1 Å². The van der Waals surface area contributed by atoms with E-state index in [-0.39, 0.29) is 5.03 Å². The highest BCUT2D eigenvalue weighted by Crippen LogP contribution is 2.34. The Morgan fingerprint density at radius 3 is 2.62 bits per heavy atom. The molecule has 0 unspecified atom stereocenters. The minimum Gasteiger partial charge on any atom is -0.224 e. The van der Waals surface area contributed by atoms with E-state index in [2.05, 4.69) is 0 Å². The second-order valence-electron chi connectivity index (χ2n) is 2.59. The van der Waals surface area contributed by atoms with E-state index in [1.165, 1.54) is 5.06 Å². The van der Waals surface area contributed by atoms with E-state index < -0.39 is 0 Å². The Kier molecular flexibility index (Phi) is 1.56. The number of hydrogen-bond acceptors (Lipinski definition) is 3. The molecule has 0 bridgehead atoms. The van der Waals surface area contributed by atoms with Crippen LogP contribution in [0.15, 0.2) is 24.3 Å². The van der Waals surface area contributed by atoms with Crippen LogP contribution in [0.3, 0.4) is 0 Å². The van der Waals surface area contributed by atoms with Crippen molar-refractivity contribution < 1.29 is 15.2 Å². The van der Waals surface area contributed by atoms with E-state index in [1.807, 2.05) is 6.07 Å².